The van der Waals surface area contributed by atoms with Gasteiger partial charge in [0.25, 0.3) is 0 Å². The summed E-state index contributed by atoms with van der Waals surface area (Å²) in [5, 5.41) is 4.40. The van der Waals surface area contributed by atoms with Crippen LogP contribution in [0.1, 0.15) is 50.6 Å². The lowest BCUT2D eigenvalue weighted by atomic mass is 10.0. The summed E-state index contributed by atoms with van der Waals surface area (Å²) in [6.45, 7) is 3.23. The molecule has 1 aromatic carbocycles. The van der Waals surface area contributed by atoms with Crippen LogP contribution in [0, 0.1) is 12.3 Å². The normalized spacial score (nSPS) is 12.1. The standard InChI is InChI=1S/C16H22ClN/c1-3-5-6-7-13-18-16(8-4-2)14-9-11-15(17)12-10-14/h1,9-12,16,18H,4-8,13H2,2H3. The highest BCUT2D eigenvalue weighted by Gasteiger charge is 2.09. The minimum absolute atomic E-state index is 0.429. The van der Waals surface area contributed by atoms with Crippen LogP contribution in [-0.4, -0.2) is 6.54 Å². The Labute approximate surface area is 116 Å². The van der Waals surface area contributed by atoms with Gasteiger partial charge in [-0.1, -0.05) is 37.1 Å². The maximum Gasteiger partial charge on any atom is 0.0406 e. The van der Waals surface area contributed by atoms with Gasteiger partial charge in [-0.05, 0) is 43.5 Å². The SMILES string of the molecule is C#CCCCCNC(CCC)c1ccc(Cl)cc1. The fourth-order valence-electron chi connectivity index (χ4n) is 2.00. The summed E-state index contributed by atoms with van der Waals surface area (Å²) in [5.41, 5.74) is 1.32. The topological polar surface area (TPSA) is 12.0 Å². The molecule has 1 aromatic rings. The maximum absolute atomic E-state index is 5.92. The van der Waals surface area contributed by atoms with Crippen molar-refractivity contribution in [3.63, 3.8) is 0 Å². The van der Waals surface area contributed by atoms with Crippen LogP contribution in [0.2, 0.25) is 5.02 Å². The molecule has 0 aliphatic heterocycles. The van der Waals surface area contributed by atoms with Gasteiger partial charge in [-0.3, -0.25) is 0 Å². The van der Waals surface area contributed by atoms with Gasteiger partial charge in [0.2, 0.25) is 0 Å². The lowest BCUT2D eigenvalue weighted by molar-refractivity contribution is 0.483. The molecule has 1 nitrogen and oxygen atoms in total. The second kappa shape index (κ2) is 9.03. The molecule has 98 valence electrons. The Balaban J connectivity index is 2.44. The number of hydrogen-bond acceptors (Lipinski definition) is 1. The van der Waals surface area contributed by atoms with Crippen molar-refractivity contribution in [2.45, 2.75) is 45.1 Å². The second-order valence-electron chi connectivity index (χ2n) is 4.51. The molecule has 0 bridgehead atoms. The Morgan fingerprint density at radius 2 is 2.00 bits per heavy atom. The summed E-state index contributed by atoms with van der Waals surface area (Å²) >= 11 is 5.92. The van der Waals surface area contributed by atoms with Crippen molar-refractivity contribution in [3.8, 4) is 12.3 Å². The van der Waals surface area contributed by atoms with Gasteiger partial charge < -0.3 is 5.32 Å². The van der Waals surface area contributed by atoms with E-state index in [1.165, 1.54) is 12.0 Å². The highest BCUT2D eigenvalue weighted by molar-refractivity contribution is 6.30. The lowest BCUT2D eigenvalue weighted by Crippen LogP contribution is -2.22. The van der Waals surface area contributed by atoms with E-state index in [0.29, 0.717) is 6.04 Å². The van der Waals surface area contributed by atoms with Gasteiger partial charge in [-0.25, -0.2) is 0 Å². The first kappa shape index (κ1) is 15.1. The first-order valence-electron chi connectivity index (χ1n) is 6.70. The number of halogens is 1. The van der Waals surface area contributed by atoms with Crippen molar-refractivity contribution < 1.29 is 0 Å². The average Bonchev–Trinajstić information content (AvgIpc) is 2.38. The molecule has 0 saturated carbocycles. The molecule has 1 N–H and O–H groups in total. The third-order valence-electron chi connectivity index (χ3n) is 2.99. The van der Waals surface area contributed by atoms with Crippen molar-refractivity contribution in [1.29, 1.82) is 0 Å². The van der Waals surface area contributed by atoms with Crippen molar-refractivity contribution in [2.24, 2.45) is 0 Å². The van der Waals surface area contributed by atoms with Crippen LogP contribution in [0.25, 0.3) is 0 Å². The summed E-state index contributed by atoms with van der Waals surface area (Å²) in [6, 6.07) is 8.56. The summed E-state index contributed by atoms with van der Waals surface area (Å²) in [5.74, 6) is 2.68. The molecule has 1 atom stereocenters. The monoisotopic (exact) mass is 263 g/mol. The summed E-state index contributed by atoms with van der Waals surface area (Å²) in [6.07, 6.45) is 10.7. The van der Waals surface area contributed by atoms with Crippen LogP contribution in [0.15, 0.2) is 24.3 Å². The summed E-state index contributed by atoms with van der Waals surface area (Å²) in [4.78, 5) is 0. The number of benzene rings is 1. The number of rotatable bonds is 8. The second-order valence-corrected chi connectivity index (χ2v) is 4.94. The third-order valence-corrected chi connectivity index (χ3v) is 3.24. The Bertz CT molecular complexity index is 364. The lowest BCUT2D eigenvalue weighted by Gasteiger charge is -2.18. The molecule has 0 spiro atoms. The minimum Gasteiger partial charge on any atom is -0.310 e. The van der Waals surface area contributed by atoms with Gasteiger partial charge in [0.1, 0.15) is 0 Å². The van der Waals surface area contributed by atoms with Crippen LogP contribution in [0.5, 0.6) is 0 Å². The highest BCUT2D eigenvalue weighted by atomic mass is 35.5. The van der Waals surface area contributed by atoms with Crippen LogP contribution < -0.4 is 5.32 Å². The first-order chi connectivity index (χ1) is 8.77. The summed E-state index contributed by atoms with van der Waals surface area (Å²) < 4.78 is 0. The molecule has 0 fully saturated rings. The fourth-order valence-corrected chi connectivity index (χ4v) is 2.12. The Kier molecular flexibility index (Phi) is 7.57. The van der Waals surface area contributed by atoms with E-state index in [2.05, 4.69) is 30.3 Å². The van der Waals surface area contributed by atoms with Crippen molar-refractivity contribution >= 4 is 11.6 Å². The zero-order valence-corrected chi connectivity index (χ0v) is 11.8. The molecular formula is C16H22ClN. The van der Waals surface area contributed by atoms with E-state index in [-0.39, 0.29) is 0 Å². The Morgan fingerprint density at radius 1 is 1.28 bits per heavy atom. The third kappa shape index (κ3) is 5.58. The molecule has 0 aliphatic rings. The molecule has 1 unspecified atom stereocenters. The van der Waals surface area contributed by atoms with Crippen molar-refractivity contribution in [1.82, 2.24) is 5.32 Å². The smallest absolute Gasteiger partial charge is 0.0406 e. The number of hydrogen-bond donors (Lipinski definition) is 1. The predicted molar refractivity (Wildman–Crippen MR) is 79.8 cm³/mol. The van der Waals surface area contributed by atoms with E-state index in [1.54, 1.807) is 0 Å². The quantitative estimate of drug-likeness (QED) is 0.535. The molecule has 0 aromatic heterocycles. The van der Waals surface area contributed by atoms with E-state index in [4.69, 9.17) is 18.0 Å². The molecule has 18 heavy (non-hydrogen) atoms. The molecule has 0 saturated heterocycles. The van der Waals surface area contributed by atoms with Gasteiger partial charge in [0, 0.05) is 17.5 Å². The van der Waals surface area contributed by atoms with Gasteiger partial charge >= 0.3 is 0 Å². The molecule has 0 heterocycles. The predicted octanol–water partition coefficient (Wildman–Crippen LogP) is 4.57. The van der Waals surface area contributed by atoms with E-state index in [0.717, 1.165) is 37.3 Å². The largest absolute Gasteiger partial charge is 0.310 e. The van der Waals surface area contributed by atoms with Gasteiger partial charge in [-0.2, -0.15) is 0 Å². The van der Waals surface area contributed by atoms with E-state index in [1.807, 2.05) is 12.1 Å². The molecular weight excluding hydrogens is 242 g/mol. The molecule has 0 amide bonds. The van der Waals surface area contributed by atoms with Crippen molar-refractivity contribution in [3.05, 3.63) is 34.9 Å². The fraction of sp³-hybridized carbons (Fsp3) is 0.500. The van der Waals surface area contributed by atoms with Crippen molar-refractivity contribution in [2.75, 3.05) is 6.54 Å². The van der Waals surface area contributed by atoms with Crippen LogP contribution in [0.4, 0.5) is 0 Å². The minimum atomic E-state index is 0.429. The average molecular weight is 264 g/mol. The molecule has 0 radical (unpaired) electrons. The van der Waals surface area contributed by atoms with Gasteiger partial charge in [0.15, 0.2) is 0 Å². The zero-order valence-electron chi connectivity index (χ0n) is 11.1. The van der Waals surface area contributed by atoms with E-state index in [9.17, 15) is 0 Å². The Hall–Kier alpha value is -0.970. The zero-order chi connectivity index (χ0) is 13.2. The van der Waals surface area contributed by atoms with E-state index < -0.39 is 0 Å². The van der Waals surface area contributed by atoms with Gasteiger partial charge in [-0.15, -0.1) is 12.3 Å². The molecule has 2 heteroatoms. The van der Waals surface area contributed by atoms with Crippen LogP contribution in [-0.2, 0) is 0 Å². The molecule has 1 rings (SSSR count). The van der Waals surface area contributed by atoms with E-state index >= 15 is 0 Å². The summed E-state index contributed by atoms with van der Waals surface area (Å²) in [7, 11) is 0. The first-order valence-corrected chi connectivity index (χ1v) is 7.08. The number of nitrogens with one attached hydrogen (secondary N) is 1. The molecule has 0 aliphatic carbocycles. The maximum atomic E-state index is 5.92. The number of unbranched alkanes of at least 4 members (excludes halogenated alkanes) is 2. The Morgan fingerprint density at radius 3 is 2.61 bits per heavy atom. The number of terminal acetylenes is 1. The van der Waals surface area contributed by atoms with Gasteiger partial charge in [0.05, 0.1) is 0 Å². The van der Waals surface area contributed by atoms with Crippen LogP contribution in [0.3, 0.4) is 0 Å². The van der Waals surface area contributed by atoms with Crippen LogP contribution >= 0.6 is 11.6 Å². The highest BCUT2D eigenvalue weighted by Crippen LogP contribution is 2.20.